The van der Waals surface area contributed by atoms with Crippen molar-refractivity contribution < 1.29 is 14.3 Å². The van der Waals surface area contributed by atoms with Crippen LogP contribution < -0.4 is 5.32 Å². The van der Waals surface area contributed by atoms with Crippen LogP contribution in [-0.2, 0) is 16.0 Å². The summed E-state index contributed by atoms with van der Waals surface area (Å²) in [6.45, 7) is 5.15. The molecular weight excluding hydrogens is 516 g/mol. The molecule has 1 fully saturated rings. The van der Waals surface area contributed by atoms with E-state index >= 15 is 0 Å². The third-order valence-corrected chi connectivity index (χ3v) is 7.40. The molecule has 1 N–H and O–H groups in total. The van der Waals surface area contributed by atoms with E-state index in [0.717, 1.165) is 66.0 Å². The van der Waals surface area contributed by atoms with E-state index in [1.807, 2.05) is 42.3 Å². The number of pyridine rings is 1. The largest absolute Gasteiger partial charge is 0.381 e. The zero-order valence-electron chi connectivity index (χ0n) is 23.8. The molecule has 0 spiro atoms. The molecule has 0 bridgehead atoms. The molecule has 1 atom stereocenters. The second-order valence-corrected chi connectivity index (χ2v) is 10.3. The first-order valence-corrected chi connectivity index (χ1v) is 14.2. The van der Waals surface area contributed by atoms with Crippen molar-refractivity contribution in [3.8, 4) is 11.3 Å². The minimum absolute atomic E-state index is 0.0408. The average molecular weight is 553 g/mol. The van der Waals surface area contributed by atoms with Crippen LogP contribution in [0.1, 0.15) is 66.1 Å². The highest BCUT2D eigenvalue weighted by atomic mass is 16.5. The van der Waals surface area contributed by atoms with Crippen molar-refractivity contribution in [2.45, 2.75) is 52.0 Å². The Balaban J connectivity index is 1.44. The number of rotatable bonds is 9. The Kier molecular flexibility index (Phi) is 8.84. The van der Waals surface area contributed by atoms with Crippen molar-refractivity contribution in [3.05, 3.63) is 89.8 Å². The molecule has 41 heavy (non-hydrogen) atoms. The molecule has 1 aliphatic heterocycles. The van der Waals surface area contributed by atoms with Gasteiger partial charge in [0.2, 0.25) is 5.91 Å². The van der Waals surface area contributed by atoms with Gasteiger partial charge in [-0.25, -0.2) is 9.97 Å². The summed E-state index contributed by atoms with van der Waals surface area (Å²) in [6, 6.07) is 11.1. The molecule has 4 aromatic rings. The van der Waals surface area contributed by atoms with E-state index in [0.29, 0.717) is 24.5 Å². The number of anilines is 1. The van der Waals surface area contributed by atoms with E-state index in [1.54, 1.807) is 43.8 Å². The summed E-state index contributed by atoms with van der Waals surface area (Å²) in [4.78, 5) is 41.9. The molecule has 1 aromatic carbocycles. The van der Waals surface area contributed by atoms with E-state index in [9.17, 15) is 9.59 Å². The maximum atomic E-state index is 13.1. The number of carbonyl (C=O) groups is 2. The SMILES string of the molecule is CCCc1ccnc(NC(=O)c2ccc(-c3nc([C@@H]4CCCCN4C(=O)/C=C/COC)n4ccnc(C)c34)cc2)c1. The van der Waals surface area contributed by atoms with Crippen molar-refractivity contribution in [2.75, 3.05) is 25.6 Å². The molecule has 212 valence electrons. The van der Waals surface area contributed by atoms with E-state index in [4.69, 9.17) is 9.72 Å². The van der Waals surface area contributed by atoms with Crippen molar-refractivity contribution in [2.24, 2.45) is 0 Å². The summed E-state index contributed by atoms with van der Waals surface area (Å²) < 4.78 is 7.13. The van der Waals surface area contributed by atoms with Gasteiger partial charge in [-0.3, -0.25) is 19.0 Å². The van der Waals surface area contributed by atoms with Gasteiger partial charge in [0.25, 0.3) is 5.91 Å². The lowest BCUT2D eigenvalue weighted by Gasteiger charge is -2.34. The zero-order chi connectivity index (χ0) is 28.8. The minimum Gasteiger partial charge on any atom is -0.381 e. The number of ether oxygens (including phenoxy) is 1. The summed E-state index contributed by atoms with van der Waals surface area (Å²) in [7, 11) is 1.61. The number of methoxy groups -OCH3 is 1. The molecule has 9 nitrogen and oxygen atoms in total. The van der Waals surface area contributed by atoms with Gasteiger partial charge < -0.3 is 15.0 Å². The summed E-state index contributed by atoms with van der Waals surface area (Å²) >= 11 is 0. The molecule has 0 aliphatic carbocycles. The molecule has 0 unspecified atom stereocenters. The van der Waals surface area contributed by atoms with Crippen LogP contribution in [0.25, 0.3) is 16.8 Å². The highest BCUT2D eigenvalue weighted by molar-refractivity contribution is 6.04. The van der Waals surface area contributed by atoms with Crippen LogP contribution >= 0.6 is 0 Å². The second kappa shape index (κ2) is 12.9. The molecule has 4 heterocycles. The molecule has 3 aromatic heterocycles. The van der Waals surface area contributed by atoms with E-state index in [1.165, 1.54) is 0 Å². The van der Waals surface area contributed by atoms with Gasteiger partial charge >= 0.3 is 0 Å². The van der Waals surface area contributed by atoms with Crippen LogP contribution in [0.2, 0.25) is 0 Å². The second-order valence-electron chi connectivity index (χ2n) is 10.3. The summed E-state index contributed by atoms with van der Waals surface area (Å²) in [5, 5.41) is 2.91. The minimum atomic E-state index is -0.219. The Labute approximate surface area is 240 Å². The summed E-state index contributed by atoms with van der Waals surface area (Å²) in [5.74, 6) is 1.10. The van der Waals surface area contributed by atoms with Gasteiger partial charge in [0.15, 0.2) is 0 Å². The van der Waals surface area contributed by atoms with Gasteiger partial charge in [-0.05, 0) is 62.4 Å². The quantitative estimate of drug-likeness (QED) is 0.273. The first kappa shape index (κ1) is 28.2. The number of carbonyl (C=O) groups excluding carboxylic acids is 2. The monoisotopic (exact) mass is 552 g/mol. The molecule has 2 amide bonds. The molecule has 0 saturated carbocycles. The normalized spacial score (nSPS) is 15.5. The summed E-state index contributed by atoms with van der Waals surface area (Å²) in [5.41, 5.74) is 5.06. The number of hydrogen-bond donors (Lipinski definition) is 1. The lowest BCUT2D eigenvalue weighted by atomic mass is 10.0. The van der Waals surface area contributed by atoms with E-state index in [2.05, 4.69) is 26.6 Å². The predicted octanol–water partition coefficient (Wildman–Crippen LogP) is 5.56. The van der Waals surface area contributed by atoms with Crippen molar-refractivity contribution >= 4 is 23.1 Å². The van der Waals surface area contributed by atoms with Crippen LogP contribution in [0.4, 0.5) is 5.82 Å². The van der Waals surface area contributed by atoms with Crippen molar-refractivity contribution in [1.29, 1.82) is 0 Å². The number of likely N-dealkylation sites (tertiary alicyclic amines) is 1. The molecule has 9 heteroatoms. The Morgan fingerprint density at radius 2 is 1.95 bits per heavy atom. The number of aromatic nitrogens is 4. The third-order valence-electron chi connectivity index (χ3n) is 7.40. The van der Waals surface area contributed by atoms with E-state index < -0.39 is 0 Å². The molecule has 1 aliphatic rings. The maximum absolute atomic E-state index is 13.1. The Hall–Kier alpha value is -4.37. The molecule has 5 rings (SSSR count). The van der Waals surface area contributed by atoms with E-state index in [-0.39, 0.29) is 17.9 Å². The number of amides is 2. The van der Waals surface area contributed by atoms with Crippen LogP contribution in [0.5, 0.6) is 0 Å². The number of nitrogens with zero attached hydrogens (tertiary/aromatic N) is 5. The smallest absolute Gasteiger partial charge is 0.256 e. The predicted molar refractivity (Wildman–Crippen MR) is 159 cm³/mol. The first-order chi connectivity index (χ1) is 20.0. The third kappa shape index (κ3) is 6.20. The number of nitrogens with one attached hydrogen (secondary N) is 1. The highest BCUT2D eigenvalue weighted by Crippen LogP contribution is 2.35. The Morgan fingerprint density at radius 1 is 1.12 bits per heavy atom. The van der Waals surface area contributed by atoms with Crippen LogP contribution in [-0.4, -0.2) is 56.3 Å². The fourth-order valence-corrected chi connectivity index (χ4v) is 5.42. The maximum Gasteiger partial charge on any atom is 0.256 e. The molecular formula is C32H36N6O3. The topological polar surface area (TPSA) is 102 Å². The average Bonchev–Trinajstić information content (AvgIpc) is 3.38. The van der Waals surface area contributed by atoms with Crippen LogP contribution in [0, 0.1) is 6.92 Å². The van der Waals surface area contributed by atoms with Crippen molar-refractivity contribution in [1.82, 2.24) is 24.3 Å². The standard InChI is InChI=1S/C32H36N6O3/c1-4-8-23-15-16-34-27(21-23)35-32(40)25-13-11-24(12-14-25)29-30-22(2)33-17-19-38(30)31(36-29)26-9-5-6-18-37(26)28(39)10-7-20-41-3/h7,10-17,19,21,26H,4-6,8-9,18,20H2,1-3H3,(H,34,35,40)/b10-7+/t26-/m0/s1. The van der Waals surface area contributed by atoms with Gasteiger partial charge in [-0.1, -0.05) is 31.6 Å². The molecule has 0 radical (unpaired) electrons. The lowest BCUT2D eigenvalue weighted by molar-refractivity contribution is -0.130. The van der Waals surface area contributed by atoms with Crippen molar-refractivity contribution in [3.63, 3.8) is 0 Å². The first-order valence-electron chi connectivity index (χ1n) is 14.2. The van der Waals surface area contributed by atoms with Gasteiger partial charge in [-0.2, -0.15) is 0 Å². The zero-order valence-corrected chi connectivity index (χ0v) is 23.8. The number of benzene rings is 1. The number of hydrogen-bond acceptors (Lipinski definition) is 6. The van der Waals surface area contributed by atoms with Gasteiger partial charge in [0.05, 0.1) is 29.6 Å². The van der Waals surface area contributed by atoms with Crippen LogP contribution in [0.15, 0.2) is 67.1 Å². The number of fused-ring (bicyclic) bond motifs is 1. The lowest BCUT2D eigenvalue weighted by Crippen LogP contribution is -2.38. The molecule has 1 saturated heterocycles. The number of aryl methyl sites for hydroxylation is 2. The van der Waals surface area contributed by atoms with Crippen LogP contribution in [0.3, 0.4) is 0 Å². The van der Waals surface area contributed by atoms with Gasteiger partial charge in [0.1, 0.15) is 11.6 Å². The number of piperidine rings is 1. The fraction of sp³-hybridized carbons (Fsp3) is 0.344. The van der Waals surface area contributed by atoms with Gasteiger partial charge in [-0.15, -0.1) is 0 Å². The summed E-state index contributed by atoms with van der Waals surface area (Å²) in [6.07, 6.45) is 13.5. The fourth-order valence-electron chi connectivity index (χ4n) is 5.42. The Morgan fingerprint density at radius 3 is 2.73 bits per heavy atom. The number of imidazole rings is 1. The highest BCUT2D eigenvalue weighted by Gasteiger charge is 2.31. The van der Waals surface area contributed by atoms with Gasteiger partial charge in [0, 0.05) is 49.4 Å². The Bertz CT molecular complexity index is 1560.